The molecule has 2 rings (SSSR count). The molecular weight excluding hydrogens is 198 g/mol. The summed E-state index contributed by atoms with van der Waals surface area (Å²) in [5.74, 6) is 0. The summed E-state index contributed by atoms with van der Waals surface area (Å²) in [6.45, 7) is 4.88. The molecule has 0 aliphatic carbocycles. The Bertz CT molecular complexity index is 342. The Labute approximate surface area is 89.2 Å². The zero-order valence-corrected chi connectivity index (χ0v) is 9.14. The lowest BCUT2D eigenvalue weighted by atomic mass is 10.1. The van der Waals surface area contributed by atoms with Crippen LogP contribution in [0.5, 0.6) is 0 Å². The van der Waals surface area contributed by atoms with Gasteiger partial charge in [-0.1, -0.05) is 23.7 Å². The highest BCUT2D eigenvalue weighted by molar-refractivity contribution is 6.30. The van der Waals surface area contributed by atoms with E-state index in [2.05, 4.69) is 12.2 Å². The molecule has 0 saturated carbocycles. The zero-order chi connectivity index (χ0) is 10.2. The fourth-order valence-corrected chi connectivity index (χ4v) is 1.99. The van der Waals surface area contributed by atoms with Crippen LogP contribution < -0.4 is 5.32 Å². The van der Waals surface area contributed by atoms with Gasteiger partial charge in [0.15, 0.2) is 0 Å². The molecule has 1 N–H and O–H groups in total. The van der Waals surface area contributed by atoms with E-state index in [1.165, 1.54) is 0 Å². The van der Waals surface area contributed by atoms with Crippen molar-refractivity contribution in [3.63, 3.8) is 0 Å². The molecule has 2 atom stereocenters. The lowest BCUT2D eigenvalue weighted by Gasteiger charge is -2.24. The van der Waals surface area contributed by atoms with Crippen LogP contribution >= 0.6 is 11.6 Å². The number of nitrogens with one attached hydrogen (secondary N) is 1. The second-order valence-corrected chi connectivity index (χ2v) is 4.34. The maximum Gasteiger partial charge on any atom is 0.142 e. The van der Waals surface area contributed by atoms with Crippen LogP contribution in [0.4, 0.5) is 0 Å². The van der Waals surface area contributed by atoms with Crippen molar-refractivity contribution in [3.05, 3.63) is 34.9 Å². The summed E-state index contributed by atoms with van der Waals surface area (Å²) in [6, 6.07) is 8.16. The first-order valence-corrected chi connectivity index (χ1v) is 5.16. The standard InChI is InChI=1S/C11H14ClNO/c1-8-7-14-11(2,13-8)9-4-3-5-10(12)6-9/h3-6,8,13H,7H2,1-2H3. The first kappa shape index (κ1) is 9.97. The Kier molecular flexibility index (Phi) is 2.52. The van der Waals surface area contributed by atoms with Gasteiger partial charge in [0.05, 0.1) is 6.61 Å². The summed E-state index contributed by atoms with van der Waals surface area (Å²) < 4.78 is 5.72. The predicted molar refractivity (Wildman–Crippen MR) is 57.4 cm³/mol. The van der Waals surface area contributed by atoms with Crippen molar-refractivity contribution in [3.8, 4) is 0 Å². The Balaban J connectivity index is 2.30. The quantitative estimate of drug-likeness (QED) is 0.771. The third-order valence-corrected chi connectivity index (χ3v) is 2.75. The minimum Gasteiger partial charge on any atom is -0.355 e. The number of benzene rings is 1. The third-order valence-electron chi connectivity index (χ3n) is 2.52. The van der Waals surface area contributed by atoms with E-state index in [0.29, 0.717) is 6.04 Å². The number of rotatable bonds is 1. The van der Waals surface area contributed by atoms with E-state index in [1.807, 2.05) is 31.2 Å². The van der Waals surface area contributed by atoms with Gasteiger partial charge in [-0.25, -0.2) is 0 Å². The SMILES string of the molecule is CC1COC(C)(c2cccc(Cl)c2)N1. The highest BCUT2D eigenvalue weighted by Crippen LogP contribution is 2.28. The summed E-state index contributed by atoms with van der Waals surface area (Å²) >= 11 is 5.94. The molecule has 0 amide bonds. The minimum atomic E-state index is -0.385. The van der Waals surface area contributed by atoms with E-state index >= 15 is 0 Å². The normalized spacial score (nSPS) is 32.1. The molecule has 1 aliphatic rings. The molecule has 1 fully saturated rings. The fourth-order valence-electron chi connectivity index (χ4n) is 1.80. The van der Waals surface area contributed by atoms with Gasteiger partial charge in [-0.3, -0.25) is 5.32 Å². The maximum atomic E-state index is 5.94. The number of hydrogen-bond donors (Lipinski definition) is 1. The van der Waals surface area contributed by atoms with Crippen LogP contribution in [0.2, 0.25) is 5.02 Å². The van der Waals surface area contributed by atoms with Gasteiger partial charge in [-0.2, -0.15) is 0 Å². The van der Waals surface area contributed by atoms with Gasteiger partial charge in [0.2, 0.25) is 0 Å². The molecule has 3 heteroatoms. The molecule has 76 valence electrons. The summed E-state index contributed by atoms with van der Waals surface area (Å²) in [6.07, 6.45) is 0. The molecule has 2 unspecified atom stereocenters. The topological polar surface area (TPSA) is 21.3 Å². The molecular formula is C11H14ClNO. The molecule has 1 aliphatic heterocycles. The second-order valence-electron chi connectivity index (χ2n) is 3.90. The van der Waals surface area contributed by atoms with E-state index in [-0.39, 0.29) is 5.72 Å². The molecule has 1 heterocycles. The van der Waals surface area contributed by atoms with Crippen molar-refractivity contribution >= 4 is 11.6 Å². The third kappa shape index (κ3) is 1.78. The van der Waals surface area contributed by atoms with Crippen LogP contribution in [-0.4, -0.2) is 12.6 Å². The van der Waals surface area contributed by atoms with E-state index in [4.69, 9.17) is 16.3 Å². The first-order valence-electron chi connectivity index (χ1n) is 4.78. The van der Waals surface area contributed by atoms with E-state index in [0.717, 1.165) is 17.2 Å². The van der Waals surface area contributed by atoms with Crippen LogP contribution in [0, 0.1) is 0 Å². The highest BCUT2D eigenvalue weighted by atomic mass is 35.5. The molecule has 2 nitrogen and oxygen atoms in total. The number of hydrogen-bond acceptors (Lipinski definition) is 2. The Morgan fingerprint density at radius 2 is 2.36 bits per heavy atom. The molecule has 14 heavy (non-hydrogen) atoms. The number of halogens is 1. The van der Waals surface area contributed by atoms with Crippen molar-refractivity contribution in [1.29, 1.82) is 0 Å². The van der Waals surface area contributed by atoms with Crippen LogP contribution in [0.25, 0.3) is 0 Å². The molecule has 0 bridgehead atoms. The lowest BCUT2D eigenvalue weighted by Crippen LogP contribution is -2.37. The molecule has 0 radical (unpaired) electrons. The average molecular weight is 212 g/mol. The Morgan fingerprint density at radius 1 is 1.57 bits per heavy atom. The molecule has 1 saturated heterocycles. The maximum absolute atomic E-state index is 5.94. The predicted octanol–water partition coefficient (Wildman–Crippen LogP) is 2.52. The Morgan fingerprint density at radius 3 is 2.93 bits per heavy atom. The monoisotopic (exact) mass is 211 g/mol. The van der Waals surface area contributed by atoms with Crippen LogP contribution in [0.3, 0.4) is 0 Å². The van der Waals surface area contributed by atoms with Crippen LogP contribution in [-0.2, 0) is 10.5 Å². The lowest BCUT2D eigenvalue weighted by molar-refractivity contribution is 0.00238. The molecule has 0 spiro atoms. The highest BCUT2D eigenvalue weighted by Gasteiger charge is 2.34. The van der Waals surface area contributed by atoms with E-state index < -0.39 is 0 Å². The fraction of sp³-hybridized carbons (Fsp3) is 0.455. The van der Waals surface area contributed by atoms with Gasteiger partial charge in [0.1, 0.15) is 5.72 Å². The summed E-state index contributed by atoms with van der Waals surface area (Å²) in [7, 11) is 0. The average Bonchev–Trinajstić information content (AvgIpc) is 2.48. The van der Waals surface area contributed by atoms with Gasteiger partial charge < -0.3 is 4.74 Å². The van der Waals surface area contributed by atoms with Gasteiger partial charge in [-0.05, 0) is 31.5 Å². The first-order chi connectivity index (χ1) is 6.60. The molecule has 0 aromatic heterocycles. The van der Waals surface area contributed by atoms with Gasteiger partial charge in [-0.15, -0.1) is 0 Å². The summed E-state index contributed by atoms with van der Waals surface area (Å²) in [5, 5.41) is 4.14. The second kappa shape index (κ2) is 3.54. The molecule has 1 aromatic carbocycles. The Hall–Kier alpha value is -0.570. The van der Waals surface area contributed by atoms with E-state index in [1.54, 1.807) is 0 Å². The van der Waals surface area contributed by atoms with Gasteiger partial charge in [0, 0.05) is 11.1 Å². The van der Waals surface area contributed by atoms with Gasteiger partial charge >= 0.3 is 0 Å². The van der Waals surface area contributed by atoms with Crippen molar-refractivity contribution in [1.82, 2.24) is 5.32 Å². The number of ether oxygens (including phenoxy) is 1. The van der Waals surface area contributed by atoms with E-state index in [9.17, 15) is 0 Å². The zero-order valence-electron chi connectivity index (χ0n) is 8.38. The van der Waals surface area contributed by atoms with Crippen LogP contribution in [0.15, 0.2) is 24.3 Å². The van der Waals surface area contributed by atoms with Crippen molar-refractivity contribution in [2.75, 3.05) is 6.61 Å². The van der Waals surface area contributed by atoms with Crippen molar-refractivity contribution in [2.24, 2.45) is 0 Å². The minimum absolute atomic E-state index is 0.385. The van der Waals surface area contributed by atoms with Crippen molar-refractivity contribution in [2.45, 2.75) is 25.6 Å². The summed E-state index contributed by atoms with van der Waals surface area (Å²) in [5.41, 5.74) is 0.693. The largest absolute Gasteiger partial charge is 0.355 e. The smallest absolute Gasteiger partial charge is 0.142 e. The molecule has 1 aromatic rings. The van der Waals surface area contributed by atoms with Crippen molar-refractivity contribution < 1.29 is 4.74 Å². The summed E-state index contributed by atoms with van der Waals surface area (Å²) in [4.78, 5) is 0. The van der Waals surface area contributed by atoms with Gasteiger partial charge in [0.25, 0.3) is 0 Å². The van der Waals surface area contributed by atoms with Crippen LogP contribution in [0.1, 0.15) is 19.4 Å².